The number of benzene rings is 2. The number of fused-ring (bicyclic) bond motifs is 1. The van der Waals surface area contributed by atoms with Gasteiger partial charge in [0.25, 0.3) is 10.0 Å². The predicted molar refractivity (Wildman–Crippen MR) is 89.0 cm³/mol. The standard InChI is InChI=1S/C18H19NO2S/c1-14-6-5-9-18(15(14)2)22(20,21)19-12-10-16-7-3-4-8-17(16)11-13-19/h3-10,12H,11,13H2,1-2H3. The summed E-state index contributed by atoms with van der Waals surface area (Å²) in [6.45, 7) is 4.25. The third kappa shape index (κ3) is 2.55. The van der Waals surface area contributed by atoms with Crippen molar-refractivity contribution in [2.45, 2.75) is 25.2 Å². The maximum Gasteiger partial charge on any atom is 0.264 e. The topological polar surface area (TPSA) is 37.4 Å². The van der Waals surface area contributed by atoms with Gasteiger partial charge in [0.2, 0.25) is 0 Å². The Kier molecular flexibility index (Phi) is 3.79. The molecular formula is C18H19NO2S. The minimum Gasteiger partial charge on any atom is -0.273 e. The molecule has 0 amide bonds. The summed E-state index contributed by atoms with van der Waals surface area (Å²) in [4.78, 5) is 0.392. The lowest BCUT2D eigenvalue weighted by molar-refractivity contribution is 0.502. The van der Waals surface area contributed by atoms with Crippen molar-refractivity contribution >= 4 is 16.1 Å². The first-order chi connectivity index (χ1) is 10.5. The molecule has 0 saturated carbocycles. The minimum absolute atomic E-state index is 0.392. The van der Waals surface area contributed by atoms with Crippen LogP contribution in [-0.4, -0.2) is 19.3 Å². The van der Waals surface area contributed by atoms with Gasteiger partial charge in [-0.1, -0.05) is 36.4 Å². The van der Waals surface area contributed by atoms with Gasteiger partial charge in [-0.05, 0) is 54.7 Å². The average molecular weight is 313 g/mol. The number of nitrogens with zero attached hydrogens (tertiary/aromatic N) is 1. The average Bonchev–Trinajstić information content (AvgIpc) is 2.73. The molecule has 0 fully saturated rings. The molecular weight excluding hydrogens is 294 g/mol. The molecule has 0 bridgehead atoms. The molecule has 3 rings (SSSR count). The number of aryl methyl sites for hydroxylation is 1. The van der Waals surface area contributed by atoms with Crippen LogP contribution in [0.5, 0.6) is 0 Å². The van der Waals surface area contributed by atoms with Gasteiger partial charge in [-0.15, -0.1) is 0 Å². The van der Waals surface area contributed by atoms with E-state index in [2.05, 4.69) is 0 Å². The summed E-state index contributed by atoms with van der Waals surface area (Å²) in [7, 11) is -3.51. The maximum absolute atomic E-state index is 12.9. The molecule has 0 saturated heterocycles. The fourth-order valence-electron chi connectivity index (χ4n) is 2.72. The van der Waals surface area contributed by atoms with Gasteiger partial charge in [-0.2, -0.15) is 0 Å². The molecule has 1 heterocycles. The van der Waals surface area contributed by atoms with Gasteiger partial charge < -0.3 is 0 Å². The van der Waals surface area contributed by atoms with Crippen molar-refractivity contribution in [3.63, 3.8) is 0 Å². The molecule has 0 N–H and O–H groups in total. The molecule has 114 valence electrons. The van der Waals surface area contributed by atoms with Crippen LogP contribution in [0.1, 0.15) is 22.3 Å². The molecule has 1 aliphatic heterocycles. The second-order valence-corrected chi connectivity index (χ2v) is 7.44. The Morgan fingerprint density at radius 3 is 2.59 bits per heavy atom. The first-order valence-electron chi connectivity index (χ1n) is 7.34. The lowest BCUT2D eigenvalue weighted by Gasteiger charge is -2.21. The zero-order valence-electron chi connectivity index (χ0n) is 12.8. The van der Waals surface area contributed by atoms with Gasteiger partial charge >= 0.3 is 0 Å². The summed E-state index contributed by atoms with van der Waals surface area (Å²) in [6.07, 6.45) is 4.28. The van der Waals surface area contributed by atoms with Gasteiger partial charge in [-0.3, -0.25) is 4.31 Å². The molecule has 2 aromatic carbocycles. The van der Waals surface area contributed by atoms with Crippen molar-refractivity contribution in [3.8, 4) is 0 Å². The highest BCUT2D eigenvalue weighted by atomic mass is 32.2. The molecule has 0 aromatic heterocycles. The first-order valence-corrected chi connectivity index (χ1v) is 8.78. The fraction of sp³-hybridized carbons (Fsp3) is 0.222. The van der Waals surface area contributed by atoms with E-state index in [1.54, 1.807) is 18.3 Å². The van der Waals surface area contributed by atoms with E-state index in [9.17, 15) is 8.42 Å². The smallest absolute Gasteiger partial charge is 0.264 e. The van der Waals surface area contributed by atoms with Crippen molar-refractivity contribution in [1.29, 1.82) is 0 Å². The SMILES string of the molecule is Cc1cccc(S(=O)(=O)N2C=Cc3ccccc3CC2)c1C. The second kappa shape index (κ2) is 5.61. The van der Waals surface area contributed by atoms with Crippen LogP contribution in [0.3, 0.4) is 0 Å². The van der Waals surface area contributed by atoms with Gasteiger partial charge in [0.05, 0.1) is 4.90 Å². The monoisotopic (exact) mass is 313 g/mol. The van der Waals surface area contributed by atoms with Crippen LogP contribution >= 0.6 is 0 Å². The molecule has 2 aromatic rings. The van der Waals surface area contributed by atoms with Crippen LogP contribution in [-0.2, 0) is 16.4 Å². The number of hydrogen-bond donors (Lipinski definition) is 0. The molecule has 22 heavy (non-hydrogen) atoms. The lowest BCUT2D eigenvalue weighted by atomic mass is 10.1. The van der Waals surface area contributed by atoms with Gasteiger partial charge in [0.15, 0.2) is 0 Å². The fourth-order valence-corrected chi connectivity index (χ4v) is 4.33. The van der Waals surface area contributed by atoms with Gasteiger partial charge in [0.1, 0.15) is 0 Å². The third-order valence-corrected chi connectivity index (χ3v) is 6.14. The van der Waals surface area contributed by atoms with E-state index in [0.717, 1.165) is 16.7 Å². The van der Waals surface area contributed by atoms with Crippen LogP contribution in [0.2, 0.25) is 0 Å². The summed E-state index contributed by atoms with van der Waals surface area (Å²) in [5, 5.41) is 0. The van der Waals surface area contributed by atoms with E-state index in [4.69, 9.17) is 0 Å². The lowest BCUT2D eigenvalue weighted by Crippen LogP contribution is -2.28. The van der Waals surface area contributed by atoms with E-state index in [1.165, 1.54) is 9.87 Å². The Morgan fingerprint density at radius 1 is 1.00 bits per heavy atom. The largest absolute Gasteiger partial charge is 0.273 e. The molecule has 0 unspecified atom stereocenters. The van der Waals surface area contributed by atoms with E-state index in [-0.39, 0.29) is 0 Å². The zero-order chi connectivity index (χ0) is 15.7. The summed E-state index contributed by atoms with van der Waals surface area (Å²) in [5.74, 6) is 0. The zero-order valence-corrected chi connectivity index (χ0v) is 13.6. The van der Waals surface area contributed by atoms with Crippen LogP contribution in [0.4, 0.5) is 0 Å². The molecule has 3 nitrogen and oxygen atoms in total. The minimum atomic E-state index is -3.51. The molecule has 0 spiro atoms. The van der Waals surface area contributed by atoms with Crippen molar-refractivity contribution in [3.05, 3.63) is 70.9 Å². The van der Waals surface area contributed by atoms with E-state index >= 15 is 0 Å². The van der Waals surface area contributed by atoms with Crippen LogP contribution in [0.25, 0.3) is 6.08 Å². The Labute approximate surface area is 132 Å². The van der Waals surface area contributed by atoms with Crippen molar-refractivity contribution in [2.24, 2.45) is 0 Å². The summed E-state index contributed by atoms with van der Waals surface area (Å²) in [6, 6.07) is 13.4. The number of sulfonamides is 1. The highest BCUT2D eigenvalue weighted by molar-refractivity contribution is 7.89. The van der Waals surface area contributed by atoms with Crippen molar-refractivity contribution in [1.82, 2.24) is 4.31 Å². The Morgan fingerprint density at radius 2 is 1.77 bits per heavy atom. The van der Waals surface area contributed by atoms with E-state index in [0.29, 0.717) is 17.9 Å². The molecule has 0 aliphatic carbocycles. The molecule has 0 atom stereocenters. The normalized spacial score (nSPS) is 14.5. The Bertz CT molecular complexity index is 838. The van der Waals surface area contributed by atoms with Crippen molar-refractivity contribution < 1.29 is 8.42 Å². The van der Waals surface area contributed by atoms with E-state index < -0.39 is 10.0 Å². The summed E-state index contributed by atoms with van der Waals surface area (Å²) >= 11 is 0. The first kappa shape index (κ1) is 14.9. The summed E-state index contributed by atoms with van der Waals surface area (Å²) in [5.41, 5.74) is 4.07. The Balaban J connectivity index is 2.00. The second-order valence-electron chi connectivity index (χ2n) is 5.58. The van der Waals surface area contributed by atoms with Crippen LogP contribution in [0.15, 0.2) is 53.6 Å². The highest BCUT2D eigenvalue weighted by Gasteiger charge is 2.25. The quantitative estimate of drug-likeness (QED) is 0.850. The van der Waals surface area contributed by atoms with Crippen LogP contribution < -0.4 is 0 Å². The van der Waals surface area contributed by atoms with E-state index in [1.807, 2.05) is 50.3 Å². The Hall–Kier alpha value is -2.07. The maximum atomic E-state index is 12.9. The molecule has 0 radical (unpaired) electrons. The van der Waals surface area contributed by atoms with Crippen molar-refractivity contribution in [2.75, 3.05) is 6.54 Å². The highest BCUT2D eigenvalue weighted by Crippen LogP contribution is 2.25. The summed E-state index contributed by atoms with van der Waals surface area (Å²) < 4.78 is 27.3. The number of rotatable bonds is 2. The molecule has 4 heteroatoms. The molecule has 1 aliphatic rings. The predicted octanol–water partition coefficient (Wildman–Crippen LogP) is 3.52. The van der Waals surface area contributed by atoms with Gasteiger partial charge in [0, 0.05) is 12.7 Å². The van der Waals surface area contributed by atoms with Crippen LogP contribution in [0, 0.1) is 13.8 Å². The third-order valence-electron chi connectivity index (χ3n) is 4.22. The van der Waals surface area contributed by atoms with Gasteiger partial charge in [-0.25, -0.2) is 8.42 Å². The number of hydrogen-bond acceptors (Lipinski definition) is 2.